The molecule has 0 unspecified atom stereocenters. The minimum Gasteiger partial charge on any atom is -0.485 e. The van der Waals surface area contributed by atoms with E-state index in [1.165, 1.54) is 26.2 Å². The van der Waals surface area contributed by atoms with Crippen LogP contribution in [0, 0.1) is 5.41 Å². The van der Waals surface area contributed by atoms with Crippen LogP contribution < -0.4 is 26.8 Å². The van der Waals surface area contributed by atoms with Crippen LogP contribution >= 0.6 is 11.3 Å². The van der Waals surface area contributed by atoms with Crippen LogP contribution in [-0.2, 0) is 40.3 Å². The number of carboxylic acid groups (broad SMARTS) is 1. The molecule has 1 aromatic carbocycles. The molecule has 2 amide bonds. The number of fused-ring (bicyclic) bond motifs is 1. The average Bonchev–Trinajstić information content (AvgIpc) is 3.29. The monoisotopic (exact) mass is 722 g/mol. The summed E-state index contributed by atoms with van der Waals surface area (Å²) in [5.74, 6) is -2.80. The van der Waals surface area contributed by atoms with Crippen molar-refractivity contribution in [3.8, 4) is 5.75 Å². The maximum atomic E-state index is 13.5. The fourth-order valence-electron chi connectivity index (χ4n) is 5.98. The second-order valence-corrected chi connectivity index (χ2v) is 15.2. The predicted octanol–water partition coefficient (Wildman–Crippen LogP) is 0.708. The lowest BCUT2D eigenvalue weighted by Crippen LogP contribution is -2.76. The van der Waals surface area contributed by atoms with Crippen molar-refractivity contribution in [1.82, 2.24) is 20.7 Å². The third kappa shape index (κ3) is 7.47. The predicted molar refractivity (Wildman–Crippen MR) is 175 cm³/mol. The van der Waals surface area contributed by atoms with Gasteiger partial charge in [-0.3, -0.25) is 19.6 Å². The first-order valence-corrected chi connectivity index (χ1v) is 17.4. The number of benzene rings is 1. The molecular weight excluding hydrogens is 684 g/mol. The molecule has 3 heterocycles. The highest BCUT2D eigenvalue weighted by molar-refractivity contribution is 7.80. The van der Waals surface area contributed by atoms with Crippen molar-refractivity contribution in [3.63, 3.8) is 0 Å². The largest absolute Gasteiger partial charge is 0.485 e. The summed E-state index contributed by atoms with van der Waals surface area (Å²) in [6.45, 7) is 5.96. The van der Waals surface area contributed by atoms with Gasteiger partial charge in [0.05, 0.1) is 5.54 Å². The van der Waals surface area contributed by atoms with E-state index in [0.29, 0.717) is 29.2 Å². The number of nitrogens with one attached hydrogen (secondary N) is 3. The molecule has 9 N–H and O–H groups in total. The Bertz CT molecular complexity index is 1820. The smallest absolute Gasteiger partial charge is 0.418 e. The highest BCUT2D eigenvalue weighted by atomic mass is 32.3. The second kappa shape index (κ2) is 12.8. The van der Waals surface area contributed by atoms with Gasteiger partial charge in [-0.1, -0.05) is 5.16 Å². The molecule has 3 atom stereocenters. The maximum absolute atomic E-state index is 13.5. The number of anilines is 1. The van der Waals surface area contributed by atoms with E-state index in [0.717, 1.165) is 29.7 Å². The number of hydroxylamine groups is 2. The number of nitrogens with two attached hydrogens (primary N) is 2. The molecular formula is C29H38N8O10S2. The van der Waals surface area contributed by atoms with Gasteiger partial charge in [0.15, 0.2) is 16.9 Å². The van der Waals surface area contributed by atoms with Crippen molar-refractivity contribution >= 4 is 56.2 Å². The van der Waals surface area contributed by atoms with Crippen molar-refractivity contribution in [2.24, 2.45) is 10.9 Å². The zero-order chi connectivity index (χ0) is 36.1. The van der Waals surface area contributed by atoms with Gasteiger partial charge in [0, 0.05) is 22.5 Å². The van der Waals surface area contributed by atoms with Crippen molar-refractivity contribution in [3.05, 3.63) is 40.4 Å². The molecule has 0 radical (unpaired) electrons. The quantitative estimate of drug-likeness (QED) is 0.0553. The number of nitrogen functional groups attached to an aromatic ring is 1. The summed E-state index contributed by atoms with van der Waals surface area (Å²) in [5.41, 5.74) is 8.86. The van der Waals surface area contributed by atoms with Crippen LogP contribution in [0.3, 0.4) is 0 Å². The number of hydrogen-bond donors (Lipinski definition) is 7. The highest BCUT2D eigenvalue weighted by Gasteiger charge is 2.58. The summed E-state index contributed by atoms with van der Waals surface area (Å²) in [4.78, 5) is 48.5. The third-order valence-corrected chi connectivity index (χ3v) is 9.78. The van der Waals surface area contributed by atoms with Gasteiger partial charge in [-0.05, 0) is 83.6 Å². The highest BCUT2D eigenvalue weighted by Crippen LogP contribution is 2.35. The Morgan fingerprint density at radius 1 is 1.27 bits per heavy atom. The molecule has 3 aliphatic rings. The molecule has 2 aliphatic heterocycles. The summed E-state index contributed by atoms with van der Waals surface area (Å²) in [5, 5.41) is 30.2. The fourth-order valence-corrected chi connectivity index (χ4v) is 6.98. The first kappa shape index (κ1) is 35.9. The van der Waals surface area contributed by atoms with Gasteiger partial charge < -0.3 is 36.8 Å². The van der Waals surface area contributed by atoms with Crippen LogP contribution in [0.4, 0.5) is 5.13 Å². The van der Waals surface area contributed by atoms with E-state index in [4.69, 9.17) is 31.0 Å². The van der Waals surface area contributed by atoms with Crippen LogP contribution in [-0.4, -0.2) is 92.3 Å². The number of amidine groups is 1. The van der Waals surface area contributed by atoms with E-state index < -0.39 is 57.2 Å². The lowest BCUT2D eigenvalue weighted by Gasteiger charge is -2.50. The second-order valence-electron chi connectivity index (χ2n) is 13.3. The Morgan fingerprint density at radius 2 is 1.96 bits per heavy atom. The molecule has 18 nitrogen and oxygen atoms in total. The van der Waals surface area contributed by atoms with Crippen LogP contribution in [0.25, 0.3) is 0 Å². The zero-order valence-corrected chi connectivity index (χ0v) is 28.7. The van der Waals surface area contributed by atoms with Crippen LogP contribution in [0.1, 0.15) is 70.2 Å². The molecule has 20 heteroatoms. The molecule has 1 saturated heterocycles. The number of aryl methyl sites for hydroxylation is 1. The summed E-state index contributed by atoms with van der Waals surface area (Å²) < 4.78 is 41.9. The van der Waals surface area contributed by atoms with Crippen LogP contribution in [0.15, 0.2) is 28.7 Å². The van der Waals surface area contributed by atoms with E-state index in [1.54, 1.807) is 12.1 Å². The molecule has 266 valence electrons. The number of nitrogens with zero attached hydrogens (tertiary/aromatic N) is 3. The number of rotatable bonds is 11. The Morgan fingerprint density at radius 3 is 2.53 bits per heavy atom. The van der Waals surface area contributed by atoms with E-state index in [2.05, 4.69) is 25.1 Å². The molecule has 0 bridgehead atoms. The van der Waals surface area contributed by atoms with Crippen molar-refractivity contribution in [1.29, 1.82) is 5.41 Å². The number of hydrogen-bond acceptors (Lipinski definition) is 14. The average molecular weight is 723 g/mol. The maximum Gasteiger partial charge on any atom is 0.418 e. The number of thiazole rings is 1. The Labute approximate surface area is 285 Å². The van der Waals surface area contributed by atoms with Crippen molar-refractivity contribution < 1.29 is 46.3 Å². The number of oxime groups is 1. The summed E-state index contributed by atoms with van der Waals surface area (Å²) in [6, 6.07) is 3.96. The van der Waals surface area contributed by atoms with Gasteiger partial charge >= 0.3 is 16.4 Å². The number of amides is 2. The lowest BCUT2D eigenvalue weighted by atomic mass is 9.75. The van der Waals surface area contributed by atoms with Gasteiger partial charge in [0.25, 0.3) is 17.4 Å². The SMILES string of the molecule is CC1(C)[C@H](NC(=O)/C(=N\O[C@](C)(C(=O)O)[C@H]2CCCc3cc(C(=N)N[C@H]4C[C@@](C)(N)C4)ccc3O2)c2csc(N)n2)C(=O)N1OS(=O)(=O)O. The van der Waals surface area contributed by atoms with Gasteiger partial charge in [-0.2, -0.15) is 13.5 Å². The summed E-state index contributed by atoms with van der Waals surface area (Å²) in [6.07, 6.45) is 1.69. The molecule has 1 aliphatic carbocycles. The van der Waals surface area contributed by atoms with E-state index in [1.807, 2.05) is 13.0 Å². The number of carboxylic acids is 1. The van der Waals surface area contributed by atoms with E-state index in [9.17, 15) is 27.9 Å². The van der Waals surface area contributed by atoms with Gasteiger partial charge in [-0.25, -0.2) is 9.78 Å². The lowest BCUT2D eigenvalue weighted by molar-refractivity contribution is -0.218. The Kier molecular flexibility index (Phi) is 9.40. The molecule has 5 rings (SSSR count). The van der Waals surface area contributed by atoms with Crippen molar-refractivity contribution in [2.75, 3.05) is 5.73 Å². The first-order chi connectivity index (χ1) is 22.7. The third-order valence-electron chi connectivity index (χ3n) is 8.77. The molecule has 2 fully saturated rings. The minimum absolute atomic E-state index is 0.0566. The van der Waals surface area contributed by atoms with Gasteiger partial charge in [0.1, 0.15) is 23.3 Å². The Balaban J connectivity index is 1.35. The van der Waals surface area contributed by atoms with Crippen molar-refractivity contribution in [2.45, 2.75) is 94.7 Å². The summed E-state index contributed by atoms with van der Waals surface area (Å²) >= 11 is 0.964. The standard InChI is InChI=1S/C29H38N8O10S2/c1-27(2)21(24(39)37(27)47-49(42,43)44)35-23(38)20(17-13-48-26(31)34-17)36-46-29(4,25(40)41)19-7-5-6-14-10-15(8-9-18(14)45-19)22(30)33-16-11-28(3,32)12-16/h8-10,13,16,19,21H,5-7,11-12,32H2,1-4H3,(H2,30,33)(H2,31,34)(H,35,38)(H,40,41)(H,42,43,44)/b36-20-/t16-,19-,21-,28+,29+/m1/s1. The molecule has 1 saturated carbocycles. The molecule has 1 aromatic heterocycles. The number of aliphatic carboxylic acids is 1. The van der Waals surface area contributed by atoms with Gasteiger partial charge in [-0.15, -0.1) is 15.6 Å². The topological polar surface area (TPSA) is 282 Å². The first-order valence-electron chi connectivity index (χ1n) is 15.2. The number of β-lactam (4-membered cyclic amide) rings is 1. The normalized spacial score (nSPS) is 26.1. The van der Waals surface area contributed by atoms with Crippen LogP contribution in [0.2, 0.25) is 0 Å². The Hall–Kier alpha value is -4.37. The molecule has 49 heavy (non-hydrogen) atoms. The summed E-state index contributed by atoms with van der Waals surface area (Å²) in [7, 11) is -5.03. The number of ether oxygens (including phenoxy) is 1. The molecule has 2 aromatic rings. The van der Waals surface area contributed by atoms with E-state index >= 15 is 0 Å². The zero-order valence-electron chi connectivity index (χ0n) is 27.1. The minimum atomic E-state index is -5.03. The fraction of sp³-hybridized carbons (Fsp3) is 0.517. The number of carbonyl (C=O) groups excluding carboxylic acids is 2. The van der Waals surface area contributed by atoms with E-state index in [-0.39, 0.29) is 34.7 Å². The number of carbonyl (C=O) groups is 3. The van der Waals surface area contributed by atoms with Crippen LogP contribution in [0.5, 0.6) is 5.75 Å². The number of aromatic nitrogens is 1. The molecule has 0 spiro atoms. The van der Waals surface area contributed by atoms with Gasteiger partial charge in [0.2, 0.25) is 0 Å².